The van der Waals surface area contributed by atoms with Crippen molar-refractivity contribution in [2.24, 2.45) is 0 Å². The van der Waals surface area contributed by atoms with Crippen LogP contribution in [0.1, 0.15) is 16.7 Å². The number of rotatable bonds is 0. The number of ether oxygens (including phenoxy) is 1. The van der Waals surface area contributed by atoms with Gasteiger partial charge in [0, 0.05) is 25.1 Å². The lowest BCUT2D eigenvalue weighted by molar-refractivity contribution is 0.0827. The van der Waals surface area contributed by atoms with Gasteiger partial charge in [-0.15, -0.1) is 12.4 Å². The van der Waals surface area contributed by atoms with Crippen LogP contribution in [-0.2, 0) is 18.6 Å². The molecule has 0 aromatic heterocycles. The summed E-state index contributed by atoms with van der Waals surface area (Å²) >= 11 is 0. The number of fused-ring (bicyclic) bond motifs is 3. The number of halogens is 1. The Bertz CT molecular complexity index is 586. The summed E-state index contributed by atoms with van der Waals surface area (Å²) in [6.07, 6.45) is 0.965. The smallest absolute Gasteiger partial charge is 0.151 e. The van der Waals surface area contributed by atoms with Crippen molar-refractivity contribution in [3.8, 4) is 5.75 Å². The van der Waals surface area contributed by atoms with Crippen LogP contribution in [0.2, 0.25) is 0 Å². The van der Waals surface area contributed by atoms with E-state index in [2.05, 4.69) is 47.8 Å². The van der Waals surface area contributed by atoms with E-state index in [1.807, 2.05) is 6.07 Å². The van der Waals surface area contributed by atoms with Crippen LogP contribution in [0, 0.1) is 0 Å². The molecule has 0 aliphatic carbocycles. The Hall–Kier alpha value is -1.51. The summed E-state index contributed by atoms with van der Waals surface area (Å²) in [6.45, 7) is 1.83. The molecule has 1 spiro atoms. The van der Waals surface area contributed by atoms with Gasteiger partial charge in [0.25, 0.3) is 0 Å². The van der Waals surface area contributed by atoms with E-state index in [0.717, 1.165) is 25.3 Å². The molecule has 2 nitrogen and oxygen atoms in total. The third-order valence-corrected chi connectivity index (χ3v) is 3.99. The van der Waals surface area contributed by atoms with Crippen molar-refractivity contribution in [2.45, 2.75) is 18.6 Å². The lowest BCUT2D eigenvalue weighted by Crippen LogP contribution is -2.46. The molecule has 1 unspecified atom stereocenters. The monoisotopic (exact) mass is 273 g/mol. The SMILES string of the molecule is Cl.c1ccc2c(c1)CC1(CNCc3ccccc31)O2. The lowest BCUT2D eigenvalue weighted by Gasteiger charge is -2.35. The van der Waals surface area contributed by atoms with E-state index in [-0.39, 0.29) is 18.0 Å². The highest BCUT2D eigenvalue weighted by Gasteiger charge is 2.43. The van der Waals surface area contributed by atoms with E-state index < -0.39 is 0 Å². The predicted molar refractivity (Wildman–Crippen MR) is 77.8 cm³/mol. The molecule has 1 atom stereocenters. The number of hydrogen-bond donors (Lipinski definition) is 1. The van der Waals surface area contributed by atoms with Crippen molar-refractivity contribution in [1.29, 1.82) is 0 Å². The topological polar surface area (TPSA) is 21.3 Å². The van der Waals surface area contributed by atoms with Crippen LogP contribution < -0.4 is 10.1 Å². The number of benzene rings is 2. The molecule has 2 aliphatic heterocycles. The van der Waals surface area contributed by atoms with Crippen molar-refractivity contribution >= 4 is 12.4 Å². The van der Waals surface area contributed by atoms with E-state index in [4.69, 9.17) is 4.74 Å². The molecule has 3 heteroatoms. The van der Waals surface area contributed by atoms with Crippen LogP contribution in [0.25, 0.3) is 0 Å². The van der Waals surface area contributed by atoms with Crippen molar-refractivity contribution in [3.63, 3.8) is 0 Å². The summed E-state index contributed by atoms with van der Waals surface area (Å²) in [4.78, 5) is 0. The Morgan fingerprint density at radius 3 is 2.53 bits per heavy atom. The van der Waals surface area contributed by atoms with Crippen LogP contribution in [0.15, 0.2) is 48.5 Å². The van der Waals surface area contributed by atoms with E-state index in [9.17, 15) is 0 Å². The molecule has 0 amide bonds. The van der Waals surface area contributed by atoms with Gasteiger partial charge in [0.2, 0.25) is 0 Å². The normalized spacial score (nSPS) is 23.2. The van der Waals surface area contributed by atoms with Crippen molar-refractivity contribution in [1.82, 2.24) is 5.32 Å². The van der Waals surface area contributed by atoms with Gasteiger partial charge in [-0.1, -0.05) is 42.5 Å². The molecule has 0 saturated heterocycles. The quantitative estimate of drug-likeness (QED) is 0.797. The minimum Gasteiger partial charge on any atom is -0.481 e. The maximum atomic E-state index is 6.30. The van der Waals surface area contributed by atoms with E-state index in [1.54, 1.807) is 0 Å². The summed E-state index contributed by atoms with van der Waals surface area (Å²) in [5.74, 6) is 1.04. The fourth-order valence-electron chi connectivity index (χ4n) is 3.17. The van der Waals surface area contributed by atoms with Crippen LogP contribution in [0.5, 0.6) is 5.75 Å². The Kier molecular flexibility index (Phi) is 3.00. The first-order valence-corrected chi connectivity index (χ1v) is 6.43. The van der Waals surface area contributed by atoms with Gasteiger partial charge in [-0.3, -0.25) is 0 Å². The van der Waals surface area contributed by atoms with Gasteiger partial charge in [0.1, 0.15) is 5.75 Å². The summed E-state index contributed by atoms with van der Waals surface area (Å²) in [5.41, 5.74) is 3.82. The van der Waals surface area contributed by atoms with Gasteiger partial charge < -0.3 is 10.1 Å². The second-order valence-corrected chi connectivity index (χ2v) is 5.14. The molecule has 2 aromatic rings. The Balaban J connectivity index is 0.00000110. The van der Waals surface area contributed by atoms with Gasteiger partial charge in [-0.05, 0) is 17.2 Å². The third-order valence-electron chi connectivity index (χ3n) is 3.99. The van der Waals surface area contributed by atoms with Gasteiger partial charge in [0.15, 0.2) is 5.60 Å². The average Bonchev–Trinajstić information content (AvgIpc) is 2.78. The second kappa shape index (κ2) is 4.55. The molecule has 98 valence electrons. The zero-order chi connectivity index (χ0) is 12.0. The first kappa shape index (κ1) is 12.5. The molecular formula is C16H16ClNO. The molecule has 0 fully saturated rings. The number of para-hydroxylation sites is 1. The molecule has 0 saturated carbocycles. The van der Waals surface area contributed by atoms with Gasteiger partial charge >= 0.3 is 0 Å². The van der Waals surface area contributed by atoms with Gasteiger partial charge in [0.05, 0.1) is 0 Å². The lowest BCUT2D eigenvalue weighted by atomic mass is 9.83. The van der Waals surface area contributed by atoms with E-state index >= 15 is 0 Å². The van der Waals surface area contributed by atoms with Crippen LogP contribution in [-0.4, -0.2) is 6.54 Å². The molecule has 2 aromatic carbocycles. The molecule has 1 N–H and O–H groups in total. The first-order chi connectivity index (χ1) is 8.87. The van der Waals surface area contributed by atoms with Gasteiger partial charge in [-0.2, -0.15) is 0 Å². The highest BCUT2D eigenvalue weighted by atomic mass is 35.5. The fraction of sp³-hybridized carbons (Fsp3) is 0.250. The zero-order valence-corrected chi connectivity index (χ0v) is 11.4. The molecule has 2 heterocycles. The standard InChI is InChI=1S/C16H15NO.ClH/c1-3-7-14-13(6-1)10-17-11-16(14)9-12-5-2-4-8-15(12)18-16;/h1-8,17H,9-11H2;1H. The third kappa shape index (κ3) is 1.83. The Morgan fingerprint density at radius 2 is 1.68 bits per heavy atom. The first-order valence-electron chi connectivity index (χ1n) is 6.43. The minimum atomic E-state index is -0.196. The Labute approximate surface area is 119 Å². The highest BCUT2D eigenvalue weighted by Crippen LogP contribution is 2.43. The van der Waals surface area contributed by atoms with Crippen molar-refractivity contribution in [3.05, 3.63) is 65.2 Å². The van der Waals surface area contributed by atoms with Crippen LogP contribution >= 0.6 is 12.4 Å². The Morgan fingerprint density at radius 1 is 0.947 bits per heavy atom. The van der Waals surface area contributed by atoms with E-state index in [1.165, 1.54) is 16.7 Å². The number of nitrogens with one attached hydrogen (secondary N) is 1. The van der Waals surface area contributed by atoms with Crippen molar-refractivity contribution < 1.29 is 4.74 Å². The second-order valence-electron chi connectivity index (χ2n) is 5.14. The van der Waals surface area contributed by atoms with Crippen LogP contribution in [0.3, 0.4) is 0 Å². The minimum absolute atomic E-state index is 0. The summed E-state index contributed by atoms with van der Waals surface area (Å²) in [5, 5.41) is 3.48. The zero-order valence-electron chi connectivity index (χ0n) is 10.6. The predicted octanol–water partition coefficient (Wildman–Crippen LogP) is 3.04. The highest BCUT2D eigenvalue weighted by molar-refractivity contribution is 5.85. The molecule has 4 rings (SSSR count). The largest absolute Gasteiger partial charge is 0.481 e. The van der Waals surface area contributed by atoms with E-state index in [0.29, 0.717) is 0 Å². The molecule has 0 bridgehead atoms. The average molecular weight is 274 g/mol. The molecule has 19 heavy (non-hydrogen) atoms. The molecule has 2 aliphatic rings. The number of hydrogen-bond acceptors (Lipinski definition) is 2. The molecular weight excluding hydrogens is 258 g/mol. The summed E-state index contributed by atoms with van der Waals surface area (Å²) in [7, 11) is 0. The van der Waals surface area contributed by atoms with Crippen LogP contribution in [0.4, 0.5) is 0 Å². The molecule has 0 radical (unpaired) electrons. The van der Waals surface area contributed by atoms with Crippen molar-refractivity contribution in [2.75, 3.05) is 6.54 Å². The van der Waals surface area contributed by atoms with Gasteiger partial charge in [-0.25, -0.2) is 0 Å². The maximum Gasteiger partial charge on any atom is 0.151 e. The fourth-order valence-corrected chi connectivity index (χ4v) is 3.17. The maximum absolute atomic E-state index is 6.30. The summed E-state index contributed by atoms with van der Waals surface area (Å²) in [6, 6.07) is 17.0. The summed E-state index contributed by atoms with van der Waals surface area (Å²) < 4.78 is 6.30.